The first-order valence-corrected chi connectivity index (χ1v) is 20.7. The van der Waals surface area contributed by atoms with Gasteiger partial charge in [0.1, 0.15) is 10.0 Å². The van der Waals surface area contributed by atoms with Gasteiger partial charge in [-0.1, -0.05) is 194 Å². The molecule has 0 amide bonds. The molecule has 0 aliphatic heterocycles. The number of sulfonamides is 1. The monoisotopic (exact) mass is 834 g/mol. The molecule has 0 aromatic heterocycles. The number of benzene rings is 6. The molecule has 5 nitrogen and oxygen atoms in total. The first kappa shape index (κ1) is 45.2. The third-order valence-corrected chi connectivity index (χ3v) is 9.83. The van der Waals surface area contributed by atoms with E-state index in [1.807, 2.05) is 135 Å². The van der Waals surface area contributed by atoms with Crippen LogP contribution in [0.25, 0.3) is 4.72 Å². The maximum absolute atomic E-state index is 13.0. The number of hydrogen-bond acceptors (Lipinski definition) is 4. The number of nitrogens with zero attached hydrogens (tertiary/aromatic N) is 1. The van der Waals surface area contributed by atoms with Gasteiger partial charge in [-0.25, -0.2) is 8.42 Å². The molecule has 0 bridgehead atoms. The van der Waals surface area contributed by atoms with Gasteiger partial charge in [0.05, 0.1) is 0 Å². The molecular weight excluding hydrogens is 783 g/mol. The predicted molar refractivity (Wildman–Crippen MR) is 221 cm³/mol. The van der Waals surface area contributed by atoms with Crippen LogP contribution in [0.4, 0.5) is 0 Å². The molecule has 0 fully saturated rings. The zero-order valence-electron chi connectivity index (χ0n) is 31.0. The Labute approximate surface area is 333 Å². The molecule has 0 unspecified atom stereocenters. The summed E-state index contributed by atoms with van der Waals surface area (Å²) in [7, 11) is 4.61. The summed E-state index contributed by atoms with van der Waals surface area (Å²) in [6.45, 7) is 4.19. The van der Waals surface area contributed by atoms with Crippen LogP contribution in [0.1, 0.15) is 58.8 Å². The Morgan fingerprint density at radius 1 is 0.509 bits per heavy atom. The smallest absolute Gasteiger partial charge is 0.0623 e. The van der Waals surface area contributed by atoms with Crippen molar-refractivity contribution >= 4 is 19.7 Å². The Morgan fingerprint density at radius 2 is 0.830 bits per heavy atom. The summed E-state index contributed by atoms with van der Waals surface area (Å²) in [5.41, 5.74) is 5.54. The van der Waals surface area contributed by atoms with Crippen molar-refractivity contribution in [3.05, 3.63) is 222 Å². The van der Waals surface area contributed by atoms with Crippen molar-refractivity contribution in [3.8, 4) is 0 Å². The van der Waals surface area contributed by atoms with Gasteiger partial charge in [0.15, 0.2) is 0 Å². The Morgan fingerprint density at radius 3 is 1.21 bits per heavy atom. The van der Waals surface area contributed by atoms with E-state index in [4.69, 9.17) is 0 Å². The molecular formula is C45H51ClN3O2RuS+. The standard InChI is InChI=1S/C22H23N2O2S.C16H19N.C6H6.CH3.ClH.Ru/c1-17-13-15-20(16-14-17)27(25,26)24-22(19-11-7-4-8-12-19)21(23-2)18-9-5-3-6-10-18;1-13(14-9-5-3-6-10-14)16(17-2)15-11-7-4-8-12-15;1-2-4-6-5-3-1;;;/h3-16,21-23H,1-2H3;3-13,16-17H,1-2H3;1-6H;1H3;1H;/q-1;;;-1;;+4/p-1/t21-,22-;13-,16+;;;;/m11..../s1. The number of aryl methyl sites for hydroxylation is 1. The second-order valence-corrected chi connectivity index (χ2v) is 13.6. The van der Waals surface area contributed by atoms with Gasteiger partial charge in [0, 0.05) is 22.9 Å². The average Bonchev–Trinajstić information content (AvgIpc) is 3.21. The molecule has 0 radical (unpaired) electrons. The van der Waals surface area contributed by atoms with E-state index in [-0.39, 0.29) is 18.4 Å². The van der Waals surface area contributed by atoms with E-state index in [2.05, 4.69) is 92.6 Å². The van der Waals surface area contributed by atoms with Crippen LogP contribution in [0, 0.1) is 14.4 Å². The molecule has 4 atom stereocenters. The first-order valence-electron chi connectivity index (χ1n) is 17.1. The maximum atomic E-state index is 13.0. The van der Waals surface area contributed by atoms with Crippen LogP contribution in [0.5, 0.6) is 0 Å². The summed E-state index contributed by atoms with van der Waals surface area (Å²) < 4.78 is 30.3. The molecule has 6 aromatic carbocycles. The van der Waals surface area contributed by atoms with Gasteiger partial charge in [0.25, 0.3) is 0 Å². The normalized spacial score (nSPS) is 12.6. The quantitative estimate of drug-likeness (QED) is 0.101. The van der Waals surface area contributed by atoms with E-state index in [0.29, 0.717) is 12.0 Å². The third kappa shape index (κ3) is 14.8. The van der Waals surface area contributed by atoms with Gasteiger partial charge in [-0.3, -0.25) is 0 Å². The van der Waals surface area contributed by atoms with Crippen molar-refractivity contribution in [2.75, 3.05) is 14.1 Å². The zero-order chi connectivity index (χ0) is 37.6. The van der Waals surface area contributed by atoms with Gasteiger partial charge in [-0.2, -0.15) is 0 Å². The SMILES string of the molecule is CN[C@H](c1ccccc1)[C@H](C)c1ccccc1.CN[C@H](c1ccccc1)[C@H]([N-]S(=O)(=O)c1ccc(C)cc1)c1ccccc1.[CH3-].[Cl][Ru+3].c1ccccc1. The summed E-state index contributed by atoms with van der Waals surface area (Å²) in [6, 6.07) is 58.8. The number of nitrogens with one attached hydrogen (secondary N) is 2. The maximum Gasteiger partial charge on any atom is -0.0623 e. The van der Waals surface area contributed by atoms with E-state index in [0.717, 1.165) is 16.7 Å². The van der Waals surface area contributed by atoms with Crippen LogP contribution < -0.4 is 10.6 Å². The second kappa shape index (κ2) is 25.1. The van der Waals surface area contributed by atoms with Crippen LogP contribution in [0.3, 0.4) is 0 Å². The molecule has 278 valence electrons. The minimum Gasteiger partial charge on any atom is -0.0623 e. The van der Waals surface area contributed by atoms with Crippen LogP contribution in [-0.4, -0.2) is 22.5 Å². The minimum atomic E-state index is -3.80. The van der Waals surface area contributed by atoms with E-state index in [1.54, 1.807) is 24.3 Å². The van der Waals surface area contributed by atoms with Gasteiger partial charge >= 0.3 is 27.0 Å². The van der Waals surface area contributed by atoms with Crippen molar-refractivity contribution in [2.45, 2.75) is 42.8 Å². The summed E-state index contributed by atoms with van der Waals surface area (Å²) in [6.07, 6.45) is 0. The Hall–Kier alpha value is -3.94. The van der Waals surface area contributed by atoms with Gasteiger partial charge in [0.2, 0.25) is 0 Å². The third-order valence-electron chi connectivity index (χ3n) is 8.46. The van der Waals surface area contributed by atoms with Crippen LogP contribution >= 0.6 is 9.69 Å². The van der Waals surface area contributed by atoms with Crippen molar-refractivity contribution in [2.24, 2.45) is 0 Å². The molecule has 6 aromatic rings. The number of likely N-dealkylation sites (N-methyl/N-ethyl adjacent to an activating group) is 2. The fourth-order valence-electron chi connectivity index (χ4n) is 5.75. The summed E-state index contributed by atoms with van der Waals surface area (Å²) in [4.78, 5) is 0.206. The summed E-state index contributed by atoms with van der Waals surface area (Å²) >= 11 is 1.82. The van der Waals surface area contributed by atoms with Crippen molar-refractivity contribution < 1.29 is 25.7 Å². The minimum absolute atomic E-state index is 0. The molecule has 0 saturated heterocycles. The average molecular weight is 835 g/mol. The van der Waals surface area contributed by atoms with E-state index in [9.17, 15) is 8.42 Å². The molecule has 53 heavy (non-hydrogen) atoms. The Balaban J connectivity index is 0.000000317. The van der Waals surface area contributed by atoms with Crippen LogP contribution in [-0.2, 0) is 27.3 Å². The molecule has 6 rings (SSSR count). The van der Waals surface area contributed by atoms with E-state index in [1.165, 1.54) is 11.1 Å². The first-order chi connectivity index (χ1) is 25.3. The fourth-order valence-corrected chi connectivity index (χ4v) is 6.90. The number of rotatable bonds is 11. The van der Waals surface area contributed by atoms with Crippen LogP contribution in [0.15, 0.2) is 187 Å². The molecule has 0 spiro atoms. The fraction of sp³-hybridized carbons (Fsp3) is 0.178. The van der Waals surface area contributed by atoms with Crippen molar-refractivity contribution in [3.63, 3.8) is 0 Å². The Bertz CT molecular complexity index is 1860. The number of hydrogen-bond donors (Lipinski definition) is 2. The van der Waals surface area contributed by atoms with Crippen molar-refractivity contribution in [1.29, 1.82) is 0 Å². The van der Waals surface area contributed by atoms with Gasteiger partial charge < -0.3 is 22.8 Å². The largest absolute Gasteiger partial charge is 0.0623 e. The zero-order valence-corrected chi connectivity index (χ0v) is 34.3. The molecule has 0 aliphatic carbocycles. The summed E-state index contributed by atoms with van der Waals surface area (Å²) in [5, 5.41) is 6.66. The van der Waals surface area contributed by atoms with Gasteiger partial charge in [-0.15, -0.1) is 0 Å². The molecule has 0 heterocycles. The van der Waals surface area contributed by atoms with E-state index >= 15 is 0 Å². The molecule has 2 N–H and O–H groups in total. The molecule has 0 saturated carbocycles. The molecule has 0 aliphatic rings. The molecule has 8 heteroatoms. The Kier molecular flexibility index (Phi) is 21.5. The summed E-state index contributed by atoms with van der Waals surface area (Å²) in [5.74, 6) is 0.462. The second-order valence-electron chi connectivity index (χ2n) is 12.0. The van der Waals surface area contributed by atoms with Crippen LogP contribution in [0.2, 0.25) is 0 Å². The van der Waals surface area contributed by atoms with E-state index < -0.39 is 16.1 Å². The number of halogens is 1. The topological polar surface area (TPSA) is 72.3 Å². The predicted octanol–water partition coefficient (Wildman–Crippen LogP) is 11.3. The van der Waals surface area contributed by atoms with Crippen molar-refractivity contribution in [1.82, 2.24) is 10.6 Å². The van der Waals surface area contributed by atoms with Gasteiger partial charge in [-0.05, 0) is 49.8 Å².